The van der Waals surface area contributed by atoms with Crippen LogP contribution in [0.3, 0.4) is 0 Å². The lowest BCUT2D eigenvalue weighted by Gasteiger charge is -2.14. The van der Waals surface area contributed by atoms with Gasteiger partial charge in [-0.1, -0.05) is 60.7 Å². The van der Waals surface area contributed by atoms with Crippen molar-refractivity contribution in [1.29, 1.82) is 0 Å². The van der Waals surface area contributed by atoms with E-state index in [4.69, 9.17) is 9.97 Å². The van der Waals surface area contributed by atoms with Crippen LogP contribution in [0, 0.1) is 0 Å². The summed E-state index contributed by atoms with van der Waals surface area (Å²) >= 11 is 0. The predicted molar refractivity (Wildman–Crippen MR) is 140 cm³/mol. The molecule has 156 valence electrons. The number of pyridine rings is 2. The molecule has 3 heterocycles. The highest BCUT2D eigenvalue weighted by atomic mass is 14.8. The summed E-state index contributed by atoms with van der Waals surface area (Å²) in [6, 6.07) is 29.5. The molecule has 0 saturated heterocycles. The van der Waals surface area contributed by atoms with Gasteiger partial charge in [0.1, 0.15) is 0 Å². The van der Waals surface area contributed by atoms with Crippen molar-refractivity contribution in [2.45, 2.75) is 0 Å². The van der Waals surface area contributed by atoms with Crippen LogP contribution in [0.1, 0.15) is 0 Å². The zero-order valence-electron chi connectivity index (χ0n) is 18.0. The van der Waals surface area contributed by atoms with Gasteiger partial charge >= 0.3 is 0 Å². The fourth-order valence-electron chi connectivity index (χ4n) is 5.42. The number of benzene rings is 5. The van der Waals surface area contributed by atoms with Gasteiger partial charge in [-0.15, -0.1) is 0 Å². The summed E-state index contributed by atoms with van der Waals surface area (Å²) < 4.78 is 0. The van der Waals surface area contributed by atoms with E-state index in [2.05, 4.69) is 82.8 Å². The fourth-order valence-corrected chi connectivity index (χ4v) is 5.42. The van der Waals surface area contributed by atoms with E-state index in [9.17, 15) is 0 Å². The molecular weight excluding hydrogens is 416 g/mol. The van der Waals surface area contributed by atoms with E-state index in [0.29, 0.717) is 0 Å². The van der Waals surface area contributed by atoms with Gasteiger partial charge in [-0.25, -0.2) is 9.97 Å². The van der Waals surface area contributed by atoms with Gasteiger partial charge < -0.3 is 0 Å². The summed E-state index contributed by atoms with van der Waals surface area (Å²) in [5.74, 6) is 0. The van der Waals surface area contributed by atoms with E-state index in [1.807, 2.05) is 24.5 Å². The zero-order chi connectivity index (χ0) is 22.2. The molecule has 8 rings (SSSR count). The first-order valence-electron chi connectivity index (χ1n) is 11.3. The highest BCUT2D eigenvalue weighted by Crippen LogP contribution is 2.40. The van der Waals surface area contributed by atoms with E-state index in [1.165, 1.54) is 21.5 Å². The van der Waals surface area contributed by atoms with Crippen LogP contribution in [0.4, 0.5) is 0 Å². The second kappa shape index (κ2) is 6.42. The standard InChI is InChI=1S/C30H16N4/c1-2-8-18-17(7-1)13-14-20-19-9-3-4-10-21(19)27-30(24(18)20)34-29-23-12-6-16-32-26(23)25-22(28(29)33-27)11-5-15-31-25/h1-16H. The molecular formula is C30H16N4. The van der Waals surface area contributed by atoms with Crippen molar-refractivity contribution in [3.8, 4) is 0 Å². The van der Waals surface area contributed by atoms with Gasteiger partial charge in [0.25, 0.3) is 0 Å². The quantitative estimate of drug-likeness (QED) is 0.186. The molecule has 0 aliphatic carbocycles. The van der Waals surface area contributed by atoms with E-state index in [-0.39, 0.29) is 0 Å². The van der Waals surface area contributed by atoms with Gasteiger partial charge in [0, 0.05) is 33.9 Å². The Bertz CT molecular complexity index is 2120. The maximum atomic E-state index is 5.35. The second-order valence-corrected chi connectivity index (χ2v) is 8.67. The van der Waals surface area contributed by atoms with Crippen LogP contribution in [0.15, 0.2) is 97.3 Å². The Hall–Kier alpha value is -4.70. The van der Waals surface area contributed by atoms with Gasteiger partial charge in [-0.2, -0.15) is 0 Å². The highest BCUT2D eigenvalue weighted by Gasteiger charge is 2.18. The van der Waals surface area contributed by atoms with Crippen LogP contribution >= 0.6 is 0 Å². The van der Waals surface area contributed by atoms with Crippen LogP contribution in [-0.4, -0.2) is 19.9 Å². The third-order valence-corrected chi connectivity index (χ3v) is 6.88. The number of aromatic nitrogens is 4. The molecule has 0 aliphatic heterocycles. The molecule has 0 bridgehead atoms. The summed E-state index contributed by atoms with van der Waals surface area (Å²) in [6.07, 6.45) is 3.62. The van der Waals surface area contributed by atoms with Crippen molar-refractivity contribution in [3.63, 3.8) is 0 Å². The molecule has 4 nitrogen and oxygen atoms in total. The maximum absolute atomic E-state index is 5.35. The third kappa shape index (κ3) is 2.22. The SMILES string of the molecule is c1ccc2c(c1)ccc1c3ccccc3c3nc4c5cccnc5c5ncccc5c4nc3c21. The summed E-state index contributed by atoms with van der Waals surface area (Å²) in [7, 11) is 0. The fraction of sp³-hybridized carbons (Fsp3) is 0. The van der Waals surface area contributed by atoms with Crippen LogP contribution in [0.25, 0.3) is 76.2 Å². The molecule has 0 fully saturated rings. The van der Waals surface area contributed by atoms with Crippen molar-refractivity contribution >= 4 is 76.2 Å². The van der Waals surface area contributed by atoms with Crippen molar-refractivity contribution < 1.29 is 0 Å². The first-order valence-corrected chi connectivity index (χ1v) is 11.3. The molecule has 3 aromatic heterocycles. The summed E-state index contributed by atoms with van der Waals surface area (Å²) in [4.78, 5) is 20.0. The number of nitrogens with zero attached hydrogens (tertiary/aromatic N) is 4. The number of fused-ring (bicyclic) bond motifs is 14. The normalized spacial score (nSPS) is 12.1. The van der Waals surface area contributed by atoms with E-state index in [0.717, 1.165) is 54.6 Å². The molecule has 5 aromatic carbocycles. The van der Waals surface area contributed by atoms with Crippen LogP contribution in [-0.2, 0) is 0 Å². The minimum absolute atomic E-state index is 0.856. The van der Waals surface area contributed by atoms with Crippen molar-refractivity contribution in [2.24, 2.45) is 0 Å². The highest BCUT2D eigenvalue weighted by molar-refractivity contribution is 6.31. The first-order chi connectivity index (χ1) is 16.9. The number of hydrogen-bond donors (Lipinski definition) is 0. The molecule has 0 atom stereocenters. The van der Waals surface area contributed by atoms with Gasteiger partial charge in [-0.3, -0.25) is 9.97 Å². The second-order valence-electron chi connectivity index (χ2n) is 8.67. The van der Waals surface area contributed by atoms with Gasteiger partial charge in [0.2, 0.25) is 0 Å². The number of hydrogen-bond acceptors (Lipinski definition) is 4. The molecule has 34 heavy (non-hydrogen) atoms. The summed E-state index contributed by atoms with van der Waals surface area (Å²) in [5.41, 5.74) is 5.28. The molecule has 0 spiro atoms. The molecule has 0 radical (unpaired) electrons. The molecule has 0 saturated carbocycles. The van der Waals surface area contributed by atoms with Crippen LogP contribution in [0.5, 0.6) is 0 Å². The average molecular weight is 432 g/mol. The molecule has 8 aromatic rings. The topological polar surface area (TPSA) is 51.6 Å². The lowest BCUT2D eigenvalue weighted by molar-refractivity contribution is 1.36. The Labute approximate surface area is 193 Å². The van der Waals surface area contributed by atoms with Crippen LogP contribution < -0.4 is 0 Å². The third-order valence-electron chi connectivity index (χ3n) is 6.88. The van der Waals surface area contributed by atoms with E-state index < -0.39 is 0 Å². The van der Waals surface area contributed by atoms with E-state index in [1.54, 1.807) is 0 Å². The van der Waals surface area contributed by atoms with Gasteiger partial charge in [-0.05, 0) is 45.8 Å². The Morgan fingerprint density at radius 1 is 0.353 bits per heavy atom. The Kier molecular flexibility index (Phi) is 3.36. The molecule has 4 heteroatoms. The lowest BCUT2D eigenvalue weighted by Crippen LogP contribution is -1.95. The monoisotopic (exact) mass is 432 g/mol. The van der Waals surface area contributed by atoms with Crippen molar-refractivity contribution in [3.05, 3.63) is 97.3 Å². The Morgan fingerprint density at radius 3 is 1.65 bits per heavy atom. The van der Waals surface area contributed by atoms with Crippen molar-refractivity contribution in [2.75, 3.05) is 0 Å². The average Bonchev–Trinajstić information content (AvgIpc) is 2.92. The Morgan fingerprint density at radius 2 is 0.912 bits per heavy atom. The minimum atomic E-state index is 0.856. The zero-order valence-corrected chi connectivity index (χ0v) is 18.0. The summed E-state index contributed by atoms with van der Waals surface area (Å²) in [5, 5.41) is 8.97. The minimum Gasteiger partial charge on any atom is -0.254 e. The predicted octanol–water partition coefficient (Wildman–Crippen LogP) is 7.34. The molecule has 0 aliphatic rings. The molecule has 0 amide bonds. The molecule has 0 N–H and O–H groups in total. The maximum Gasteiger partial charge on any atom is 0.0996 e. The summed E-state index contributed by atoms with van der Waals surface area (Å²) in [6.45, 7) is 0. The first kappa shape index (κ1) is 17.8. The lowest BCUT2D eigenvalue weighted by atomic mass is 9.95. The van der Waals surface area contributed by atoms with Crippen LogP contribution in [0.2, 0.25) is 0 Å². The van der Waals surface area contributed by atoms with Gasteiger partial charge in [0.15, 0.2) is 0 Å². The Balaban J connectivity index is 1.75. The largest absolute Gasteiger partial charge is 0.254 e. The van der Waals surface area contributed by atoms with E-state index >= 15 is 0 Å². The van der Waals surface area contributed by atoms with Gasteiger partial charge in [0.05, 0.1) is 33.1 Å². The smallest absolute Gasteiger partial charge is 0.0996 e. The van der Waals surface area contributed by atoms with Crippen molar-refractivity contribution in [1.82, 2.24) is 19.9 Å². The number of rotatable bonds is 0. The molecule has 0 unspecified atom stereocenters.